The smallest absolute Gasteiger partial charge is 0.276 e. The largest absolute Gasteiger partial charge is 0.355 e. The zero-order valence-electron chi connectivity index (χ0n) is 17.4. The third kappa shape index (κ3) is 4.21. The molecule has 0 unspecified atom stereocenters. The maximum Gasteiger partial charge on any atom is 0.276 e. The van der Waals surface area contributed by atoms with E-state index in [1.54, 1.807) is 18.5 Å². The molecular weight excluding hydrogens is 394 g/mol. The van der Waals surface area contributed by atoms with Crippen molar-refractivity contribution in [3.63, 3.8) is 0 Å². The summed E-state index contributed by atoms with van der Waals surface area (Å²) in [7, 11) is 0. The highest BCUT2D eigenvalue weighted by Gasteiger charge is 2.26. The number of anilines is 2. The Hall–Kier alpha value is -3.49. The second-order valence-electron chi connectivity index (χ2n) is 7.86. The molecule has 2 aliphatic rings. The molecule has 0 aliphatic carbocycles. The summed E-state index contributed by atoms with van der Waals surface area (Å²) in [6, 6.07) is 7.33. The molecule has 0 atom stereocenters. The predicted octanol–water partition coefficient (Wildman–Crippen LogP) is 2.48. The highest BCUT2D eigenvalue weighted by atomic mass is 16.5. The Bertz CT molecular complexity index is 1030. The number of carbonyl (C=O) groups is 1. The number of hydrogen-bond donors (Lipinski definition) is 0. The van der Waals surface area contributed by atoms with Gasteiger partial charge in [-0.15, -0.1) is 0 Å². The summed E-state index contributed by atoms with van der Waals surface area (Å²) in [4.78, 5) is 32.5. The van der Waals surface area contributed by atoms with E-state index in [9.17, 15) is 4.79 Å². The second-order valence-corrected chi connectivity index (χ2v) is 7.86. The molecule has 0 aromatic carbocycles. The summed E-state index contributed by atoms with van der Waals surface area (Å²) in [6.45, 7) is 4.69. The van der Waals surface area contributed by atoms with Crippen LogP contribution in [0.1, 0.15) is 29.8 Å². The first-order valence-electron chi connectivity index (χ1n) is 10.8. The first kappa shape index (κ1) is 19.5. The second kappa shape index (κ2) is 8.71. The van der Waals surface area contributed by atoms with E-state index in [0.29, 0.717) is 24.5 Å². The van der Waals surface area contributed by atoms with Gasteiger partial charge in [0.25, 0.3) is 5.91 Å². The number of carbonyl (C=O) groups excluding carboxylic acids is 1. The molecule has 2 aliphatic heterocycles. The van der Waals surface area contributed by atoms with Crippen LogP contribution in [0.3, 0.4) is 0 Å². The molecule has 3 aromatic rings. The fraction of sp³-hybridized carbons (Fsp3) is 0.409. The van der Waals surface area contributed by atoms with Crippen LogP contribution in [0.15, 0.2) is 47.4 Å². The van der Waals surface area contributed by atoms with Crippen LogP contribution in [0.4, 0.5) is 11.8 Å². The number of piperidine rings is 1. The van der Waals surface area contributed by atoms with Crippen molar-refractivity contribution in [2.45, 2.75) is 19.3 Å². The molecule has 0 N–H and O–H groups in total. The molecule has 5 heterocycles. The lowest BCUT2D eigenvalue weighted by atomic mass is 10.1. The summed E-state index contributed by atoms with van der Waals surface area (Å²) in [5.74, 6) is 2.15. The Labute approximate surface area is 180 Å². The number of hydrogen-bond acceptors (Lipinski definition) is 8. The Balaban J connectivity index is 1.22. The van der Waals surface area contributed by atoms with Gasteiger partial charge in [-0.3, -0.25) is 9.78 Å². The van der Waals surface area contributed by atoms with E-state index in [2.05, 4.69) is 24.9 Å². The van der Waals surface area contributed by atoms with Gasteiger partial charge in [-0.25, -0.2) is 4.98 Å². The van der Waals surface area contributed by atoms with Gasteiger partial charge >= 0.3 is 0 Å². The van der Waals surface area contributed by atoms with E-state index in [1.807, 2.05) is 29.3 Å². The number of nitrogens with zero attached hydrogens (tertiary/aromatic N) is 7. The third-order valence-electron chi connectivity index (χ3n) is 5.83. The summed E-state index contributed by atoms with van der Waals surface area (Å²) >= 11 is 0. The monoisotopic (exact) mass is 419 g/mol. The zero-order chi connectivity index (χ0) is 21.0. The van der Waals surface area contributed by atoms with Crippen molar-refractivity contribution in [2.75, 3.05) is 49.1 Å². The number of piperazine rings is 1. The maximum atomic E-state index is 12.9. The van der Waals surface area contributed by atoms with E-state index in [-0.39, 0.29) is 5.91 Å². The minimum absolute atomic E-state index is 0.116. The van der Waals surface area contributed by atoms with E-state index < -0.39 is 0 Å². The minimum atomic E-state index is -0.116. The van der Waals surface area contributed by atoms with Crippen LogP contribution < -0.4 is 9.80 Å². The average Bonchev–Trinajstić information content (AvgIpc) is 3.35. The van der Waals surface area contributed by atoms with Gasteiger partial charge in [0.2, 0.25) is 5.95 Å². The van der Waals surface area contributed by atoms with Crippen molar-refractivity contribution >= 4 is 17.7 Å². The number of amides is 1. The first-order chi connectivity index (χ1) is 15.3. The lowest BCUT2D eigenvalue weighted by Gasteiger charge is -2.35. The summed E-state index contributed by atoms with van der Waals surface area (Å²) in [5, 5.41) is 3.97. The lowest BCUT2D eigenvalue weighted by Crippen LogP contribution is -2.49. The molecule has 0 saturated carbocycles. The van der Waals surface area contributed by atoms with Crippen LogP contribution in [0.5, 0.6) is 0 Å². The molecule has 3 aromatic heterocycles. The van der Waals surface area contributed by atoms with E-state index in [1.165, 1.54) is 19.3 Å². The summed E-state index contributed by atoms with van der Waals surface area (Å²) < 4.78 is 5.35. The standard InChI is InChI=1S/C22H25N7O2/c30-21(18-15-19(31-26-18)17-5-4-7-23-16-17)28-13-11-27(12-14-28)20-6-8-24-22(25-20)29-9-2-1-3-10-29/h4-8,15-16H,1-3,9-14H2. The van der Waals surface area contributed by atoms with Crippen molar-refractivity contribution in [1.82, 2.24) is 25.0 Å². The van der Waals surface area contributed by atoms with Crippen LogP contribution in [0.25, 0.3) is 11.3 Å². The molecule has 0 spiro atoms. The van der Waals surface area contributed by atoms with E-state index in [4.69, 9.17) is 9.51 Å². The fourth-order valence-corrected chi connectivity index (χ4v) is 4.08. The number of aromatic nitrogens is 4. The molecule has 31 heavy (non-hydrogen) atoms. The zero-order valence-corrected chi connectivity index (χ0v) is 17.4. The molecule has 0 bridgehead atoms. The van der Waals surface area contributed by atoms with Gasteiger partial charge in [-0.05, 0) is 37.5 Å². The molecule has 2 fully saturated rings. The highest BCUT2D eigenvalue weighted by molar-refractivity contribution is 5.93. The molecule has 160 valence electrons. The molecule has 5 rings (SSSR count). The fourth-order valence-electron chi connectivity index (χ4n) is 4.08. The average molecular weight is 419 g/mol. The maximum absolute atomic E-state index is 12.9. The molecule has 1 amide bonds. The molecule has 2 saturated heterocycles. The van der Waals surface area contributed by atoms with Crippen LogP contribution >= 0.6 is 0 Å². The Kier molecular flexibility index (Phi) is 5.47. The van der Waals surface area contributed by atoms with Crippen LogP contribution in [-0.4, -0.2) is 70.2 Å². The summed E-state index contributed by atoms with van der Waals surface area (Å²) in [6.07, 6.45) is 8.88. The molecule has 0 radical (unpaired) electrons. The van der Waals surface area contributed by atoms with Gasteiger partial charge in [0.05, 0.1) is 0 Å². The van der Waals surface area contributed by atoms with Crippen molar-refractivity contribution in [2.24, 2.45) is 0 Å². The normalized spacial score (nSPS) is 17.1. The summed E-state index contributed by atoms with van der Waals surface area (Å²) in [5.41, 5.74) is 1.12. The van der Waals surface area contributed by atoms with Crippen LogP contribution in [-0.2, 0) is 0 Å². The Morgan fingerprint density at radius 1 is 0.935 bits per heavy atom. The highest BCUT2D eigenvalue weighted by Crippen LogP contribution is 2.22. The van der Waals surface area contributed by atoms with Gasteiger partial charge in [-0.1, -0.05) is 5.16 Å². The first-order valence-corrected chi connectivity index (χ1v) is 10.8. The Morgan fingerprint density at radius 2 is 1.77 bits per heavy atom. The SMILES string of the molecule is O=C(c1cc(-c2cccnc2)on1)N1CCN(c2ccnc(N3CCCCC3)n2)CC1. The number of pyridine rings is 1. The van der Waals surface area contributed by atoms with Gasteiger partial charge in [0.1, 0.15) is 5.82 Å². The van der Waals surface area contributed by atoms with Crippen LogP contribution in [0.2, 0.25) is 0 Å². The quantitative estimate of drug-likeness (QED) is 0.637. The lowest BCUT2D eigenvalue weighted by molar-refractivity contribution is 0.0736. The third-order valence-corrected chi connectivity index (χ3v) is 5.83. The predicted molar refractivity (Wildman–Crippen MR) is 116 cm³/mol. The van der Waals surface area contributed by atoms with Gasteiger partial charge in [-0.2, -0.15) is 4.98 Å². The van der Waals surface area contributed by atoms with Gasteiger partial charge in [0, 0.05) is 69.5 Å². The van der Waals surface area contributed by atoms with E-state index >= 15 is 0 Å². The van der Waals surface area contributed by atoms with Crippen LogP contribution in [0, 0.1) is 0 Å². The molecular formula is C22H25N7O2. The topological polar surface area (TPSA) is 91.5 Å². The number of rotatable bonds is 4. The van der Waals surface area contributed by atoms with Crippen molar-refractivity contribution in [3.8, 4) is 11.3 Å². The van der Waals surface area contributed by atoms with E-state index in [0.717, 1.165) is 43.5 Å². The van der Waals surface area contributed by atoms with Crippen molar-refractivity contribution in [3.05, 3.63) is 48.5 Å². The van der Waals surface area contributed by atoms with Gasteiger partial charge in [0.15, 0.2) is 11.5 Å². The Morgan fingerprint density at radius 3 is 2.55 bits per heavy atom. The molecule has 9 heteroatoms. The molecule has 9 nitrogen and oxygen atoms in total. The minimum Gasteiger partial charge on any atom is -0.355 e. The van der Waals surface area contributed by atoms with Gasteiger partial charge < -0.3 is 19.2 Å². The van der Waals surface area contributed by atoms with Crippen molar-refractivity contribution < 1.29 is 9.32 Å². The van der Waals surface area contributed by atoms with Crippen molar-refractivity contribution in [1.29, 1.82) is 0 Å².